The highest BCUT2D eigenvalue weighted by molar-refractivity contribution is 5.98. The molecule has 0 saturated heterocycles. The van der Waals surface area contributed by atoms with E-state index in [1.54, 1.807) is 6.20 Å². The van der Waals surface area contributed by atoms with Gasteiger partial charge in [-0.2, -0.15) is 5.10 Å². The molecule has 188 valence electrons. The first-order valence-electron chi connectivity index (χ1n) is 12.6. The number of rotatable bonds is 6. The number of pyridine rings is 2. The number of imidazole rings is 1. The molecule has 0 bridgehead atoms. The normalized spacial score (nSPS) is 11.3. The summed E-state index contributed by atoms with van der Waals surface area (Å²) in [4.78, 5) is 17.0. The van der Waals surface area contributed by atoms with E-state index < -0.39 is 0 Å². The number of nitrogens with zero attached hydrogens (tertiary/aromatic N) is 5. The molecular weight excluding hydrogens is 484 g/mol. The van der Waals surface area contributed by atoms with Gasteiger partial charge < -0.3 is 14.9 Å². The fourth-order valence-corrected chi connectivity index (χ4v) is 4.86. The van der Waals surface area contributed by atoms with Gasteiger partial charge in [0.1, 0.15) is 5.69 Å². The molecule has 2 aromatic carbocycles. The molecule has 8 nitrogen and oxygen atoms in total. The number of aromatic nitrogens is 7. The second kappa shape index (κ2) is 9.11. The molecule has 0 unspecified atom stereocenters. The van der Waals surface area contributed by atoms with Gasteiger partial charge in [0.15, 0.2) is 5.65 Å². The Morgan fingerprint density at radius 3 is 2.62 bits per heavy atom. The lowest BCUT2D eigenvalue weighted by Crippen LogP contribution is -1.98. The summed E-state index contributed by atoms with van der Waals surface area (Å²) in [6, 6.07) is 22.5. The largest absolute Gasteiger partial charge is 0.354 e. The standard InChI is InChI=1S/C31H24N8/c1-19-17-39(18-34-19)29-10-6-9-27-25(29)13-28(36-27)30-26-12-23(15-33-31(26)38-37-30)22-11-24(16-32-14-22)35-20(2)21-7-4-3-5-8-21/h3-18,35-36H,2H2,1H3,(H,33,37,38). The van der Waals surface area contributed by atoms with Crippen molar-refractivity contribution in [3.8, 4) is 28.2 Å². The van der Waals surface area contributed by atoms with Crippen LogP contribution in [0.15, 0.2) is 104 Å². The van der Waals surface area contributed by atoms with E-state index in [2.05, 4.69) is 66.3 Å². The lowest BCUT2D eigenvalue weighted by atomic mass is 10.1. The number of fused-ring (bicyclic) bond motifs is 2. The van der Waals surface area contributed by atoms with Crippen LogP contribution >= 0.6 is 0 Å². The third kappa shape index (κ3) is 4.14. The van der Waals surface area contributed by atoms with Crippen LogP contribution in [-0.2, 0) is 0 Å². The molecule has 39 heavy (non-hydrogen) atoms. The maximum atomic E-state index is 4.65. The number of aromatic amines is 2. The van der Waals surface area contributed by atoms with Crippen molar-refractivity contribution in [1.29, 1.82) is 0 Å². The van der Waals surface area contributed by atoms with Crippen molar-refractivity contribution in [3.63, 3.8) is 0 Å². The van der Waals surface area contributed by atoms with E-state index in [9.17, 15) is 0 Å². The van der Waals surface area contributed by atoms with Gasteiger partial charge in [-0.15, -0.1) is 0 Å². The van der Waals surface area contributed by atoms with Gasteiger partial charge in [-0.3, -0.25) is 10.1 Å². The summed E-state index contributed by atoms with van der Waals surface area (Å²) >= 11 is 0. The first-order valence-corrected chi connectivity index (χ1v) is 12.6. The van der Waals surface area contributed by atoms with Crippen molar-refractivity contribution < 1.29 is 0 Å². The third-order valence-electron chi connectivity index (χ3n) is 6.79. The lowest BCUT2D eigenvalue weighted by molar-refractivity contribution is 1.07. The monoisotopic (exact) mass is 508 g/mol. The SMILES string of the molecule is C=C(Nc1cncc(-c2cnc3[nH]nc(-c4cc5c(-n6cnc(C)c6)cccc5[nH]4)c3c2)c1)c1ccccc1. The van der Waals surface area contributed by atoms with Crippen LogP contribution in [0, 0.1) is 6.92 Å². The molecule has 8 heteroatoms. The van der Waals surface area contributed by atoms with Crippen LogP contribution in [0.4, 0.5) is 5.69 Å². The van der Waals surface area contributed by atoms with E-state index >= 15 is 0 Å². The van der Waals surface area contributed by atoms with Gasteiger partial charge in [-0.1, -0.05) is 43.0 Å². The Morgan fingerprint density at radius 2 is 1.77 bits per heavy atom. The van der Waals surface area contributed by atoms with Crippen molar-refractivity contribution in [2.75, 3.05) is 5.32 Å². The summed E-state index contributed by atoms with van der Waals surface area (Å²) in [5.41, 5.74) is 10.1. The molecule has 5 heterocycles. The molecule has 7 rings (SSSR count). The molecule has 7 aromatic rings. The van der Waals surface area contributed by atoms with E-state index in [0.29, 0.717) is 0 Å². The van der Waals surface area contributed by atoms with Crippen molar-refractivity contribution in [2.24, 2.45) is 0 Å². The minimum absolute atomic E-state index is 0.720. The summed E-state index contributed by atoms with van der Waals surface area (Å²) in [5, 5.41) is 13.1. The van der Waals surface area contributed by atoms with Crippen LogP contribution in [0.25, 0.3) is 55.8 Å². The Morgan fingerprint density at radius 1 is 0.897 bits per heavy atom. The molecule has 0 spiro atoms. The van der Waals surface area contributed by atoms with Crippen LogP contribution in [-0.4, -0.2) is 34.7 Å². The Balaban J connectivity index is 1.25. The summed E-state index contributed by atoms with van der Waals surface area (Å²) in [6.45, 7) is 6.16. The number of H-pyrrole nitrogens is 2. The second-order valence-corrected chi connectivity index (χ2v) is 9.47. The molecule has 0 atom stereocenters. The highest BCUT2D eigenvalue weighted by atomic mass is 15.2. The summed E-state index contributed by atoms with van der Waals surface area (Å²) in [5.74, 6) is 0. The van der Waals surface area contributed by atoms with Crippen LogP contribution in [0.3, 0.4) is 0 Å². The molecule has 0 radical (unpaired) electrons. The Kier molecular flexibility index (Phi) is 5.30. The molecule has 5 aromatic heterocycles. The molecule has 0 aliphatic heterocycles. The number of hydrogen-bond donors (Lipinski definition) is 3. The average molecular weight is 509 g/mol. The number of anilines is 1. The number of nitrogens with one attached hydrogen (secondary N) is 3. The molecule has 0 fully saturated rings. The summed E-state index contributed by atoms with van der Waals surface area (Å²) in [6.07, 6.45) is 9.32. The Labute approximate surface area is 224 Å². The minimum Gasteiger partial charge on any atom is -0.354 e. The van der Waals surface area contributed by atoms with E-state index in [4.69, 9.17) is 0 Å². The fourth-order valence-electron chi connectivity index (χ4n) is 4.86. The van der Waals surface area contributed by atoms with Crippen molar-refractivity contribution in [2.45, 2.75) is 6.92 Å². The fraction of sp³-hybridized carbons (Fsp3) is 0.0323. The van der Waals surface area contributed by atoms with Crippen molar-refractivity contribution >= 4 is 33.3 Å². The van der Waals surface area contributed by atoms with E-state index in [-0.39, 0.29) is 0 Å². The average Bonchev–Trinajstić information content (AvgIpc) is 3.71. The van der Waals surface area contributed by atoms with Crippen molar-refractivity contribution in [3.05, 3.63) is 116 Å². The minimum atomic E-state index is 0.720. The van der Waals surface area contributed by atoms with Crippen LogP contribution in [0.5, 0.6) is 0 Å². The molecule has 0 saturated carbocycles. The molecule has 0 aliphatic rings. The molecule has 0 aliphatic carbocycles. The van der Waals surface area contributed by atoms with Gasteiger partial charge in [-0.05, 0) is 42.8 Å². The zero-order valence-corrected chi connectivity index (χ0v) is 21.2. The number of aryl methyl sites for hydroxylation is 1. The Hall–Kier alpha value is -5.50. The van der Waals surface area contributed by atoms with Crippen LogP contribution in [0.1, 0.15) is 11.3 Å². The molecule has 0 amide bonds. The topological polar surface area (TPSA) is 100 Å². The van der Waals surface area contributed by atoms with Crippen LogP contribution in [0.2, 0.25) is 0 Å². The van der Waals surface area contributed by atoms with Gasteiger partial charge in [0.2, 0.25) is 0 Å². The maximum absolute atomic E-state index is 4.65. The Bertz CT molecular complexity index is 1980. The zero-order chi connectivity index (χ0) is 26.3. The maximum Gasteiger partial charge on any atom is 0.155 e. The number of hydrogen-bond acceptors (Lipinski definition) is 5. The van der Waals surface area contributed by atoms with E-state index in [1.807, 2.05) is 78.9 Å². The third-order valence-corrected chi connectivity index (χ3v) is 6.79. The van der Waals surface area contributed by atoms with Gasteiger partial charge in [-0.25, -0.2) is 9.97 Å². The second-order valence-electron chi connectivity index (χ2n) is 9.47. The van der Waals surface area contributed by atoms with E-state index in [0.717, 1.165) is 72.8 Å². The van der Waals surface area contributed by atoms with Gasteiger partial charge in [0, 0.05) is 51.7 Å². The van der Waals surface area contributed by atoms with Gasteiger partial charge in [0.25, 0.3) is 0 Å². The predicted molar refractivity (Wildman–Crippen MR) is 155 cm³/mol. The molecule has 3 N–H and O–H groups in total. The summed E-state index contributed by atoms with van der Waals surface area (Å²) < 4.78 is 2.04. The quantitative estimate of drug-likeness (QED) is 0.231. The number of benzene rings is 2. The highest BCUT2D eigenvalue weighted by Crippen LogP contribution is 2.33. The smallest absolute Gasteiger partial charge is 0.155 e. The molecular formula is C31H24N8. The van der Waals surface area contributed by atoms with E-state index in [1.165, 1.54) is 0 Å². The highest BCUT2D eigenvalue weighted by Gasteiger charge is 2.15. The predicted octanol–water partition coefficient (Wildman–Crippen LogP) is 6.75. The first kappa shape index (κ1) is 22.7. The van der Waals surface area contributed by atoms with Gasteiger partial charge in [0.05, 0.1) is 35.3 Å². The zero-order valence-electron chi connectivity index (χ0n) is 21.2. The van der Waals surface area contributed by atoms with Crippen molar-refractivity contribution in [1.82, 2.24) is 34.7 Å². The van der Waals surface area contributed by atoms with Gasteiger partial charge >= 0.3 is 0 Å². The van der Waals surface area contributed by atoms with Crippen LogP contribution < -0.4 is 5.32 Å². The lowest BCUT2D eigenvalue weighted by Gasteiger charge is -2.11. The summed E-state index contributed by atoms with van der Waals surface area (Å²) in [7, 11) is 0. The first-order chi connectivity index (χ1) is 19.1.